The van der Waals surface area contributed by atoms with E-state index in [4.69, 9.17) is 0 Å². The average Bonchev–Trinajstić information content (AvgIpc) is 3.14. The molecule has 1 aromatic carbocycles. The summed E-state index contributed by atoms with van der Waals surface area (Å²) in [5, 5.41) is 1.31. The van der Waals surface area contributed by atoms with Crippen molar-refractivity contribution >= 4 is 44.0 Å². The van der Waals surface area contributed by atoms with Gasteiger partial charge < -0.3 is 28.9 Å². The lowest BCUT2D eigenvalue weighted by Gasteiger charge is -2.12. The summed E-state index contributed by atoms with van der Waals surface area (Å²) in [4.78, 5) is 4.94. The van der Waals surface area contributed by atoms with E-state index in [9.17, 15) is 0 Å². The van der Waals surface area contributed by atoms with Crippen LogP contribution in [0.1, 0.15) is 22.4 Å². The minimum Gasteiger partial charge on any atom is -1.00 e. The first kappa shape index (κ1) is 21.9. The van der Waals surface area contributed by atoms with E-state index in [1.54, 1.807) is 0 Å². The molecule has 2 aromatic heterocycles. The highest BCUT2D eigenvalue weighted by atomic mass is 127. The summed E-state index contributed by atoms with van der Waals surface area (Å²) < 4.78 is 3.84. The summed E-state index contributed by atoms with van der Waals surface area (Å²) in [6, 6.07) is 10.3. The van der Waals surface area contributed by atoms with Crippen molar-refractivity contribution in [2.75, 3.05) is 11.9 Å². The number of hydrogen-bond acceptors (Lipinski definition) is 3. The van der Waals surface area contributed by atoms with Gasteiger partial charge in [-0.1, -0.05) is 59.1 Å². The fourth-order valence-corrected chi connectivity index (χ4v) is 5.45. The van der Waals surface area contributed by atoms with Crippen LogP contribution >= 0.6 is 22.7 Å². The van der Waals surface area contributed by atoms with Crippen LogP contribution in [-0.4, -0.2) is 7.05 Å². The molecule has 0 saturated heterocycles. The van der Waals surface area contributed by atoms with E-state index in [0.29, 0.717) is 0 Å². The molecule has 2 heterocycles. The first-order valence-electron chi connectivity index (χ1n) is 8.83. The van der Waals surface area contributed by atoms with Crippen molar-refractivity contribution < 1.29 is 28.5 Å². The van der Waals surface area contributed by atoms with E-state index >= 15 is 0 Å². The normalized spacial score (nSPS) is 11.9. The molecule has 0 aliphatic carbocycles. The Kier molecular flexibility index (Phi) is 8.26. The molecule has 0 atom stereocenters. The smallest absolute Gasteiger partial charge is 0.280 e. The molecule has 0 aliphatic rings. The molecule has 27 heavy (non-hydrogen) atoms. The molecule has 0 radical (unpaired) electrons. The van der Waals surface area contributed by atoms with E-state index in [1.807, 2.05) is 28.7 Å². The minimum absolute atomic E-state index is 0. The zero-order chi connectivity index (χ0) is 18.5. The van der Waals surface area contributed by atoms with Crippen molar-refractivity contribution in [1.82, 2.24) is 0 Å². The van der Waals surface area contributed by atoms with Gasteiger partial charge in [-0.2, -0.15) is 4.57 Å². The highest BCUT2D eigenvalue weighted by Gasteiger charge is 2.21. The maximum atomic E-state index is 2.41. The van der Waals surface area contributed by atoms with Gasteiger partial charge in [0.05, 0.1) is 0 Å². The highest BCUT2D eigenvalue weighted by molar-refractivity contribution is 7.27. The number of thiazole rings is 1. The molecule has 5 heteroatoms. The predicted octanol–water partition coefficient (Wildman–Crippen LogP) is 3.11. The van der Waals surface area contributed by atoms with Crippen molar-refractivity contribution in [3.05, 3.63) is 76.3 Å². The van der Waals surface area contributed by atoms with Crippen LogP contribution in [-0.2, 0) is 6.54 Å². The lowest BCUT2D eigenvalue weighted by atomic mass is 10.3. The average molecular weight is 508 g/mol. The predicted molar refractivity (Wildman–Crippen MR) is 117 cm³/mol. The van der Waals surface area contributed by atoms with Gasteiger partial charge in [0.2, 0.25) is 0 Å². The second-order valence-electron chi connectivity index (χ2n) is 6.13. The van der Waals surface area contributed by atoms with Gasteiger partial charge in [-0.3, -0.25) is 0 Å². The lowest BCUT2D eigenvalue weighted by Crippen LogP contribution is -3.00. The van der Waals surface area contributed by atoms with Gasteiger partial charge in [-0.25, -0.2) is 0 Å². The van der Waals surface area contributed by atoms with Crippen LogP contribution in [0.3, 0.4) is 0 Å². The van der Waals surface area contributed by atoms with Crippen molar-refractivity contribution in [1.29, 1.82) is 0 Å². The van der Waals surface area contributed by atoms with Gasteiger partial charge in [0, 0.05) is 29.9 Å². The molecule has 0 fully saturated rings. The molecular formula is C22H25IN2S2. The summed E-state index contributed by atoms with van der Waals surface area (Å²) in [5.41, 5.74) is 2.61. The molecule has 0 saturated carbocycles. The number of hydrogen-bond donors (Lipinski definition) is 0. The summed E-state index contributed by atoms with van der Waals surface area (Å²) in [7, 11) is 2.06. The number of rotatable bonds is 6. The van der Waals surface area contributed by atoms with E-state index in [-0.39, 0.29) is 24.0 Å². The molecule has 2 nitrogen and oxygen atoms in total. The number of para-hydroxylation sites is 1. The first-order chi connectivity index (χ1) is 12.6. The lowest BCUT2D eigenvalue weighted by molar-refractivity contribution is -0.663. The second-order valence-corrected chi connectivity index (χ2v) is 8.37. The number of halogens is 1. The number of aromatic nitrogens is 1. The third-order valence-corrected chi connectivity index (χ3v) is 7.02. The summed E-state index contributed by atoms with van der Waals surface area (Å²) in [6.07, 6.45) is 12.6. The monoisotopic (exact) mass is 508 g/mol. The third-order valence-electron chi connectivity index (χ3n) is 4.39. The number of anilines is 1. The standard InChI is InChI=1S/C22H25N2S2.HI/c1-5-24-20(26-21-17(2)18(3)25-22(21)24)15-11-6-7-12-16-23(4)19-13-9-8-10-14-19;/h6-16H,5H2,1-4H3;1H/q+1;/p-1. The van der Waals surface area contributed by atoms with E-state index in [1.165, 1.54) is 30.7 Å². The minimum atomic E-state index is 0. The Bertz CT molecular complexity index is 965. The number of allylic oxidation sites excluding steroid dienone is 4. The number of fused-ring (bicyclic) bond motifs is 1. The second kappa shape index (κ2) is 10.2. The molecule has 0 N–H and O–H groups in total. The first-order valence-corrected chi connectivity index (χ1v) is 10.5. The Morgan fingerprint density at radius 3 is 2.41 bits per heavy atom. The zero-order valence-electron chi connectivity index (χ0n) is 16.1. The van der Waals surface area contributed by atoms with Crippen molar-refractivity contribution in [2.24, 2.45) is 0 Å². The third kappa shape index (κ3) is 5.09. The molecule has 0 spiro atoms. The summed E-state index contributed by atoms with van der Waals surface area (Å²) in [6.45, 7) is 7.66. The van der Waals surface area contributed by atoms with Crippen LogP contribution in [0, 0.1) is 13.8 Å². The fourth-order valence-electron chi connectivity index (χ4n) is 2.76. The molecule has 0 bridgehead atoms. The van der Waals surface area contributed by atoms with E-state index < -0.39 is 0 Å². The maximum absolute atomic E-state index is 2.41. The van der Waals surface area contributed by atoms with Gasteiger partial charge >= 0.3 is 0 Å². The Balaban J connectivity index is 0.00000261. The molecule has 0 aliphatic heterocycles. The van der Waals surface area contributed by atoms with Crippen LogP contribution in [0.5, 0.6) is 0 Å². The van der Waals surface area contributed by atoms with Gasteiger partial charge in [0.1, 0.15) is 11.2 Å². The van der Waals surface area contributed by atoms with E-state index in [2.05, 4.69) is 98.1 Å². The molecule has 3 aromatic rings. The van der Waals surface area contributed by atoms with Gasteiger partial charge in [0.25, 0.3) is 9.84 Å². The molecular weight excluding hydrogens is 483 g/mol. The maximum Gasteiger partial charge on any atom is 0.280 e. The van der Waals surface area contributed by atoms with E-state index in [0.717, 1.165) is 6.54 Å². The van der Waals surface area contributed by atoms with Crippen LogP contribution < -0.4 is 33.4 Å². The number of aryl methyl sites for hydroxylation is 3. The SMILES string of the molecule is CC[n+]1c(/C=C/C=C/C=C/N(C)c2ccccc2)sc2c(C)c(C)sc21.[I-]. The molecule has 3 rings (SSSR count). The Hall–Kier alpha value is -1.44. The molecule has 142 valence electrons. The van der Waals surface area contributed by atoms with Crippen LogP contribution in [0.15, 0.2) is 60.8 Å². The topological polar surface area (TPSA) is 7.12 Å². The largest absolute Gasteiger partial charge is 1.00 e. The van der Waals surface area contributed by atoms with Crippen molar-refractivity contribution in [3.8, 4) is 0 Å². The van der Waals surface area contributed by atoms with Gasteiger partial charge in [-0.05, 0) is 44.5 Å². The molecule has 0 unspecified atom stereocenters. The number of benzene rings is 1. The summed E-state index contributed by atoms with van der Waals surface area (Å²) in [5.74, 6) is 0. The van der Waals surface area contributed by atoms with Crippen LogP contribution in [0.2, 0.25) is 0 Å². The van der Waals surface area contributed by atoms with Gasteiger partial charge in [0.15, 0.2) is 0 Å². The van der Waals surface area contributed by atoms with Crippen molar-refractivity contribution in [3.63, 3.8) is 0 Å². The molecule has 0 amide bonds. The number of thiophene rings is 1. The Morgan fingerprint density at radius 2 is 1.70 bits per heavy atom. The van der Waals surface area contributed by atoms with Crippen molar-refractivity contribution in [2.45, 2.75) is 27.3 Å². The Morgan fingerprint density at radius 1 is 1.00 bits per heavy atom. The summed E-state index contributed by atoms with van der Waals surface area (Å²) >= 11 is 3.79. The van der Waals surface area contributed by atoms with Crippen LogP contribution in [0.25, 0.3) is 15.6 Å². The highest BCUT2D eigenvalue weighted by Crippen LogP contribution is 2.33. The van der Waals surface area contributed by atoms with Gasteiger partial charge in [-0.15, -0.1) is 0 Å². The fraction of sp³-hybridized carbons (Fsp3) is 0.227. The number of nitrogens with zero attached hydrogens (tertiary/aromatic N) is 2. The quantitative estimate of drug-likeness (QED) is 0.282. The zero-order valence-corrected chi connectivity index (χ0v) is 19.9. The Labute approximate surface area is 187 Å². The van der Waals surface area contributed by atoms with Crippen LogP contribution in [0.4, 0.5) is 5.69 Å².